The third-order valence-electron chi connectivity index (χ3n) is 2.70. The van der Waals surface area contributed by atoms with Gasteiger partial charge in [-0.1, -0.05) is 30.3 Å². The molecule has 2 aromatic rings. The highest BCUT2D eigenvalue weighted by Gasteiger charge is 2.15. The lowest BCUT2D eigenvalue weighted by Crippen LogP contribution is -2.05. The Bertz CT molecular complexity index is 502. The summed E-state index contributed by atoms with van der Waals surface area (Å²) in [6.45, 7) is 1.72. The van der Waals surface area contributed by atoms with Crippen LogP contribution in [0.5, 0.6) is 0 Å². The van der Waals surface area contributed by atoms with Crippen molar-refractivity contribution in [2.24, 2.45) is 0 Å². The van der Waals surface area contributed by atoms with Crippen molar-refractivity contribution >= 4 is 17.3 Å². The third kappa shape index (κ3) is 2.94. The van der Waals surface area contributed by atoms with Gasteiger partial charge >= 0.3 is 5.97 Å². The van der Waals surface area contributed by atoms with Crippen molar-refractivity contribution in [1.82, 2.24) is 0 Å². The maximum Gasteiger partial charge on any atom is 0.311 e. The molecule has 0 aliphatic carbocycles. The normalized spacial score (nSPS) is 12.3. The summed E-state index contributed by atoms with van der Waals surface area (Å²) in [6.07, 6.45) is 0.873. The number of hydrogen-bond donors (Lipinski definition) is 1. The molecule has 0 fully saturated rings. The smallest absolute Gasteiger partial charge is 0.311 e. The van der Waals surface area contributed by atoms with Gasteiger partial charge in [0.1, 0.15) is 0 Å². The Labute approximate surface area is 105 Å². The quantitative estimate of drug-likeness (QED) is 0.896. The van der Waals surface area contributed by atoms with Crippen molar-refractivity contribution in [3.05, 3.63) is 57.8 Å². The summed E-state index contributed by atoms with van der Waals surface area (Å²) in [7, 11) is 0. The predicted octanol–water partition coefficient (Wildman–Crippen LogP) is 3.53. The first-order valence-corrected chi connectivity index (χ1v) is 6.34. The highest BCUT2D eigenvalue weighted by atomic mass is 32.1. The lowest BCUT2D eigenvalue weighted by atomic mass is 10.1. The van der Waals surface area contributed by atoms with Gasteiger partial charge in [-0.25, -0.2) is 0 Å². The van der Waals surface area contributed by atoms with Gasteiger partial charge in [-0.05, 0) is 24.6 Å². The monoisotopic (exact) mass is 246 g/mol. The topological polar surface area (TPSA) is 37.3 Å². The van der Waals surface area contributed by atoms with Crippen LogP contribution < -0.4 is 0 Å². The van der Waals surface area contributed by atoms with Crippen molar-refractivity contribution in [2.45, 2.75) is 19.3 Å². The lowest BCUT2D eigenvalue weighted by molar-refractivity contribution is -0.138. The highest BCUT2D eigenvalue weighted by Crippen LogP contribution is 2.26. The van der Waals surface area contributed by atoms with Crippen LogP contribution in [0.15, 0.2) is 42.5 Å². The zero-order valence-corrected chi connectivity index (χ0v) is 10.4. The fourth-order valence-corrected chi connectivity index (χ4v) is 2.73. The van der Waals surface area contributed by atoms with E-state index < -0.39 is 11.9 Å². The molecule has 88 valence electrons. The van der Waals surface area contributed by atoms with Crippen LogP contribution in [0.25, 0.3) is 0 Å². The van der Waals surface area contributed by atoms with Crippen LogP contribution >= 0.6 is 11.3 Å². The lowest BCUT2D eigenvalue weighted by Gasteiger charge is -2.01. The standard InChI is InChI=1S/C14H14O2S/c1-10(14(15)16)13-8-7-12(17-13)9-11-5-3-2-4-6-11/h2-8,10H,9H2,1H3,(H,15,16)/t10-/m0/s1. The van der Waals surface area contributed by atoms with Gasteiger partial charge in [0.2, 0.25) is 0 Å². The summed E-state index contributed by atoms with van der Waals surface area (Å²) < 4.78 is 0. The molecule has 0 spiro atoms. The van der Waals surface area contributed by atoms with Gasteiger partial charge < -0.3 is 5.11 Å². The molecule has 1 N–H and O–H groups in total. The Morgan fingerprint density at radius 1 is 1.24 bits per heavy atom. The van der Waals surface area contributed by atoms with E-state index in [1.165, 1.54) is 10.4 Å². The first-order valence-electron chi connectivity index (χ1n) is 5.52. The van der Waals surface area contributed by atoms with E-state index >= 15 is 0 Å². The fraction of sp³-hybridized carbons (Fsp3) is 0.214. The highest BCUT2D eigenvalue weighted by molar-refractivity contribution is 7.12. The molecule has 0 unspecified atom stereocenters. The van der Waals surface area contributed by atoms with Gasteiger partial charge in [-0.15, -0.1) is 11.3 Å². The maximum absolute atomic E-state index is 10.9. The first-order chi connectivity index (χ1) is 8.16. The van der Waals surface area contributed by atoms with Crippen molar-refractivity contribution < 1.29 is 9.90 Å². The number of hydrogen-bond acceptors (Lipinski definition) is 2. The van der Waals surface area contributed by atoms with Crippen LogP contribution in [0.1, 0.15) is 28.2 Å². The minimum atomic E-state index is -0.766. The van der Waals surface area contributed by atoms with Gasteiger partial charge in [0.05, 0.1) is 5.92 Å². The van der Waals surface area contributed by atoms with Gasteiger partial charge in [-0.2, -0.15) is 0 Å². The molecule has 1 atom stereocenters. The van der Waals surface area contributed by atoms with Crippen LogP contribution in [0, 0.1) is 0 Å². The van der Waals surface area contributed by atoms with E-state index in [-0.39, 0.29) is 0 Å². The largest absolute Gasteiger partial charge is 0.481 e. The summed E-state index contributed by atoms with van der Waals surface area (Å²) in [4.78, 5) is 13.0. The number of thiophene rings is 1. The van der Waals surface area contributed by atoms with E-state index in [0.29, 0.717) is 0 Å². The summed E-state index contributed by atoms with van der Waals surface area (Å²) in [5.74, 6) is -1.18. The van der Waals surface area contributed by atoms with E-state index in [9.17, 15) is 4.79 Å². The van der Waals surface area contributed by atoms with Crippen LogP contribution in [0.4, 0.5) is 0 Å². The molecule has 2 rings (SSSR count). The molecule has 0 saturated carbocycles. The Balaban J connectivity index is 2.11. The summed E-state index contributed by atoms with van der Waals surface area (Å²) in [5.41, 5.74) is 1.25. The molecule has 17 heavy (non-hydrogen) atoms. The molecule has 2 nitrogen and oxygen atoms in total. The van der Waals surface area contributed by atoms with Crippen LogP contribution in [-0.4, -0.2) is 11.1 Å². The molecule has 3 heteroatoms. The molecule has 0 saturated heterocycles. The Kier molecular flexibility index (Phi) is 3.59. The van der Waals surface area contributed by atoms with Gasteiger partial charge in [0.25, 0.3) is 0 Å². The summed E-state index contributed by atoms with van der Waals surface area (Å²) >= 11 is 1.58. The van der Waals surface area contributed by atoms with Gasteiger partial charge in [-0.3, -0.25) is 4.79 Å². The van der Waals surface area contributed by atoms with E-state index in [1.807, 2.05) is 30.3 Å². The zero-order valence-electron chi connectivity index (χ0n) is 9.59. The SMILES string of the molecule is C[C@H](C(=O)O)c1ccc(Cc2ccccc2)s1. The number of rotatable bonds is 4. The second-order valence-electron chi connectivity index (χ2n) is 4.03. The molecule has 0 amide bonds. The number of aliphatic carboxylic acids is 1. The second kappa shape index (κ2) is 5.15. The molecular weight excluding hydrogens is 232 g/mol. The number of carboxylic acids is 1. The molecule has 0 aliphatic heterocycles. The third-order valence-corrected chi connectivity index (χ3v) is 3.97. The van der Waals surface area contributed by atoms with E-state index in [1.54, 1.807) is 18.3 Å². The maximum atomic E-state index is 10.9. The number of carboxylic acid groups (broad SMARTS) is 1. The van der Waals surface area contributed by atoms with Gasteiger partial charge in [0, 0.05) is 16.2 Å². The average Bonchev–Trinajstić information content (AvgIpc) is 2.77. The van der Waals surface area contributed by atoms with E-state index in [2.05, 4.69) is 12.1 Å². The van der Waals surface area contributed by atoms with E-state index in [0.717, 1.165) is 11.3 Å². The molecular formula is C14H14O2S. The fourth-order valence-electron chi connectivity index (χ4n) is 1.64. The zero-order chi connectivity index (χ0) is 12.3. The van der Waals surface area contributed by atoms with E-state index in [4.69, 9.17) is 5.11 Å². The molecule has 1 heterocycles. The van der Waals surface area contributed by atoms with Crippen molar-refractivity contribution in [3.63, 3.8) is 0 Å². The number of carbonyl (C=O) groups is 1. The molecule has 1 aromatic carbocycles. The molecule has 0 aliphatic rings. The van der Waals surface area contributed by atoms with Crippen molar-refractivity contribution in [1.29, 1.82) is 0 Å². The number of benzene rings is 1. The molecule has 0 bridgehead atoms. The Morgan fingerprint density at radius 2 is 1.94 bits per heavy atom. The van der Waals surface area contributed by atoms with Crippen molar-refractivity contribution in [2.75, 3.05) is 0 Å². The minimum Gasteiger partial charge on any atom is -0.481 e. The van der Waals surface area contributed by atoms with Crippen LogP contribution in [-0.2, 0) is 11.2 Å². The first kappa shape index (κ1) is 11.9. The van der Waals surface area contributed by atoms with Crippen LogP contribution in [0.2, 0.25) is 0 Å². The summed E-state index contributed by atoms with van der Waals surface area (Å²) in [5, 5.41) is 8.94. The summed E-state index contributed by atoms with van der Waals surface area (Å²) in [6, 6.07) is 14.1. The Morgan fingerprint density at radius 3 is 2.59 bits per heavy atom. The second-order valence-corrected chi connectivity index (χ2v) is 5.23. The molecule has 0 radical (unpaired) electrons. The van der Waals surface area contributed by atoms with Gasteiger partial charge in [0.15, 0.2) is 0 Å². The van der Waals surface area contributed by atoms with Crippen molar-refractivity contribution in [3.8, 4) is 0 Å². The van der Waals surface area contributed by atoms with Crippen LogP contribution in [0.3, 0.4) is 0 Å². The minimum absolute atomic E-state index is 0.412. The average molecular weight is 246 g/mol. The predicted molar refractivity (Wildman–Crippen MR) is 69.6 cm³/mol. The Hall–Kier alpha value is -1.61. The molecule has 1 aromatic heterocycles.